The SMILES string of the molecule is CCNCC(=O)Nc1ccc(Cl)nn1. The molecule has 76 valence electrons. The molecular weight excluding hydrogens is 204 g/mol. The van der Waals surface area contributed by atoms with Crippen LogP contribution in [-0.4, -0.2) is 29.2 Å². The Morgan fingerprint density at radius 3 is 2.86 bits per heavy atom. The molecule has 0 bridgehead atoms. The Hall–Kier alpha value is -1.20. The summed E-state index contributed by atoms with van der Waals surface area (Å²) in [4.78, 5) is 11.2. The largest absolute Gasteiger partial charge is 0.309 e. The van der Waals surface area contributed by atoms with Crippen molar-refractivity contribution in [1.82, 2.24) is 15.5 Å². The van der Waals surface area contributed by atoms with E-state index in [2.05, 4.69) is 20.8 Å². The molecule has 14 heavy (non-hydrogen) atoms. The molecule has 1 amide bonds. The Morgan fingerprint density at radius 1 is 1.50 bits per heavy atom. The van der Waals surface area contributed by atoms with Gasteiger partial charge in [-0.25, -0.2) is 0 Å². The van der Waals surface area contributed by atoms with Crippen molar-refractivity contribution in [2.45, 2.75) is 6.92 Å². The van der Waals surface area contributed by atoms with Gasteiger partial charge in [0.25, 0.3) is 0 Å². The first-order valence-electron chi connectivity index (χ1n) is 4.22. The third-order valence-electron chi connectivity index (χ3n) is 1.44. The number of carbonyl (C=O) groups is 1. The van der Waals surface area contributed by atoms with E-state index in [0.717, 1.165) is 6.54 Å². The van der Waals surface area contributed by atoms with E-state index in [0.29, 0.717) is 11.0 Å². The van der Waals surface area contributed by atoms with Crippen molar-refractivity contribution >= 4 is 23.3 Å². The quantitative estimate of drug-likeness (QED) is 0.774. The van der Waals surface area contributed by atoms with Gasteiger partial charge >= 0.3 is 0 Å². The summed E-state index contributed by atoms with van der Waals surface area (Å²) in [5, 5.41) is 13.0. The Labute approximate surface area is 86.9 Å². The summed E-state index contributed by atoms with van der Waals surface area (Å²) < 4.78 is 0. The predicted octanol–water partition coefficient (Wildman–Crippen LogP) is 0.678. The Morgan fingerprint density at radius 2 is 2.29 bits per heavy atom. The maximum absolute atomic E-state index is 11.2. The van der Waals surface area contributed by atoms with Gasteiger partial charge in [0, 0.05) is 0 Å². The first kappa shape index (κ1) is 10.9. The van der Waals surface area contributed by atoms with Crippen LogP contribution in [0, 0.1) is 0 Å². The number of aromatic nitrogens is 2. The van der Waals surface area contributed by atoms with Crippen molar-refractivity contribution in [3.63, 3.8) is 0 Å². The first-order valence-corrected chi connectivity index (χ1v) is 4.60. The topological polar surface area (TPSA) is 66.9 Å². The minimum atomic E-state index is -0.150. The van der Waals surface area contributed by atoms with Crippen LogP contribution in [0.2, 0.25) is 5.15 Å². The highest BCUT2D eigenvalue weighted by Gasteiger charge is 2.01. The molecule has 0 saturated carbocycles. The van der Waals surface area contributed by atoms with Crippen LogP contribution >= 0.6 is 11.6 Å². The zero-order valence-corrected chi connectivity index (χ0v) is 8.51. The van der Waals surface area contributed by atoms with Crippen LogP contribution in [-0.2, 0) is 4.79 Å². The van der Waals surface area contributed by atoms with Crippen LogP contribution in [0.1, 0.15) is 6.92 Å². The maximum Gasteiger partial charge on any atom is 0.239 e. The van der Waals surface area contributed by atoms with Crippen LogP contribution < -0.4 is 10.6 Å². The monoisotopic (exact) mass is 214 g/mol. The van der Waals surface area contributed by atoms with Crippen LogP contribution in [0.4, 0.5) is 5.82 Å². The molecule has 5 nitrogen and oxygen atoms in total. The molecule has 1 aromatic rings. The van der Waals surface area contributed by atoms with E-state index in [9.17, 15) is 4.79 Å². The molecule has 0 aliphatic heterocycles. The molecule has 1 rings (SSSR count). The second-order valence-corrected chi connectivity index (χ2v) is 2.96. The summed E-state index contributed by atoms with van der Waals surface area (Å²) in [6, 6.07) is 3.16. The van der Waals surface area contributed by atoms with E-state index in [1.165, 1.54) is 0 Å². The molecule has 0 unspecified atom stereocenters. The van der Waals surface area contributed by atoms with Crippen molar-refractivity contribution in [2.24, 2.45) is 0 Å². The molecule has 0 radical (unpaired) electrons. The zero-order chi connectivity index (χ0) is 10.4. The summed E-state index contributed by atoms with van der Waals surface area (Å²) in [7, 11) is 0. The second kappa shape index (κ2) is 5.51. The highest BCUT2D eigenvalue weighted by molar-refractivity contribution is 6.29. The zero-order valence-electron chi connectivity index (χ0n) is 7.75. The van der Waals surface area contributed by atoms with E-state index < -0.39 is 0 Å². The van der Waals surface area contributed by atoms with E-state index >= 15 is 0 Å². The minimum Gasteiger partial charge on any atom is -0.309 e. The van der Waals surface area contributed by atoms with Crippen molar-refractivity contribution in [3.05, 3.63) is 17.3 Å². The van der Waals surface area contributed by atoms with Gasteiger partial charge in [0.2, 0.25) is 5.91 Å². The number of nitrogens with one attached hydrogen (secondary N) is 2. The van der Waals surface area contributed by atoms with E-state index in [1.807, 2.05) is 6.92 Å². The normalized spacial score (nSPS) is 9.86. The predicted molar refractivity (Wildman–Crippen MR) is 54.2 cm³/mol. The molecule has 0 aliphatic rings. The number of likely N-dealkylation sites (N-methyl/N-ethyl adjacent to an activating group) is 1. The lowest BCUT2D eigenvalue weighted by Gasteiger charge is -2.03. The number of carbonyl (C=O) groups excluding carboxylic acids is 1. The van der Waals surface area contributed by atoms with Crippen molar-refractivity contribution in [3.8, 4) is 0 Å². The summed E-state index contributed by atoms with van der Waals surface area (Å²) in [5.41, 5.74) is 0. The van der Waals surface area contributed by atoms with E-state index in [4.69, 9.17) is 11.6 Å². The molecule has 0 fully saturated rings. The number of hydrogen-bond acceptors (Lipinski definition) is 4. The third kappa shape index (κ3) is 3.68. The molecule has 1 aromatic heterocycles. The van der Waals surface area contributed by atoms with Gasteiger partial charge in [-0.1, -0.05) is 18.5 Å². The lowest BCUT2D eigenvalue weighted by Crippen LogP contribution is -2.28. The average Bonchev–Trinajstić information content (AvgIpc) is 2.18. The molecule has 0 aliphatic carbocycles. The maximum atomic E-state index is 11.2. The standard InChI is InChI=1S/C8H11ClN4O/c1-2-10-5-8(14)11-7-4-3-6(9)12-13-7/h3-4,10H,2,5H2,1H3,(H,11,13,14). The third-order valence-corrected chi connectivity index (χ3v) is 1.64. The number of rotatable bonds is 4. The van der Waals surface area contributed by atoms with Gasteiger partial charge in [0.15, 0.2) is 11.0 Å². The average molecular weight is 215 g/mol. The van der Waals surface area contributed by atoms with Crippen LogP contribution in [0.25, 0.3) is 0 Å². The molecular formula is C8H11ClN4O. The van der Waals surface area contributed by atoms with Crippen molar-refractivity contribution < 1.29 is 4.79 Å². The minimum absolute atomic E-state index is 0.150. The summed E-state index contributed by atoms with van der Waals surface area (Å²) in [6.45, 7) is 2.94. The molecule has 2 N–H and O–H groups in total. The van der Waals surface area contributed by atoms with Gasteiger partial charge in [-0.3, -0.25) is 4.79 Å². The van der Waals surface area contributed by atoms with Gasteiger partial charge in [0.1, 0.15) is 0 Å². The number of amides is 1. The van der Waals surface area contributed by atoms with Gasteiger partial charge in [-0.2, -0.15) is 0 Å². The Bertz CT molecular complexity index is 301. The number of anilines is 1. The molecule has 0 aromatic carbocycles. The van der Waals surface area contributed by atoms with Crippen molar-refractivity contribution in [1.29, 1.82) is 0 Å². The smallest absolute Gasteiger partial charge is 0.239 e. The lowest BCUT2D eigenvalue weighted by atomic mass is 10.5. The Balaban J connectivity index is 2.44. The van der Waals surface area contributed by atoms with Gasteiger partial charge in [0.05, 0.1) is 6.54 Å². The molecule has 0 spiro atoms. The van der Waals surface area contributed by atoms with Gasteiger partial charge in [-0.15, -0.1) is 10.2 Å². The highest BCUT2D eigenvalue weighted by Crippen LogP contribution is 2.05. The number of nitrogens with zero attached hydrogens (tertiary/aromatic N) is 2. The fourth-order valence-electron chi connectivity index (χ4n) is 0.808. The lowest BCUT2D eigenvalue weighted by molar-refractivity contribution is -0.115. The van der Waals surface area contributed by atoms with Crippen LogP contribution in [0.3, 0.4) is 0 Å². The van der Waals surface area contributed by atoms with Crippen LogP contribution in [0.15, 0.2) is 12.1 Å². The van der Waals surface area contributed by atoms with Gasteiger partial charge < -0.3 is 10.6 Å². The van der Waals surface area contributed by atoms with E-state index in [-0.39, 0.29) is 12.5 Å². The van der Waals surface area contributed by atoms with Crippen LogP contribution in [0.5, 0.6) is 0 Å². The summed E-state index contributed by atoms with van der Waals surface area (Å²) >= 11 is 5.53. The van der Waals surface area contributed by atoms with E-state index in [1.54, 1.807) is 12.1 Å². The Kier molecular flexibility index (Phi) is 4.28. The molecule has 1 heterocycles. The number of hydrogen-bond donors (Lipinski definition) is 2. The first-order chi connectivity index (χ1) is 6.72. The fraction of sp³-hybridized carbons (Fsp3) is 0.375. The fourth-order valence-corrected chi connectivity index (χ4v) is 0.909. The van der Waals surface area contributed by atoms with Gasteiger partial charge in [-0.05, 0) is 18.7 Å². The number of halogens is 1. The highest BCUT2D eigenvalue weighted by atomic mass is 35.5. The summed E-state index contributed by atoms with van der Waals surface area (Å²) in [6.07, 6.45) is 0. The molecule has 0 atom stereocenters. The van der Waals surface area contributed by atoms with Crippen molar-refractivity contribution in [2.75, 3.05) is 18.4 Å². The molecule has 6 heteroatoms. The molecule has 0 saturated heterocycles. The second-order valence-electron chi connectivity index (χ2n) is 2.57. The summed E-state index contributed by atoms with van der Waals surface area (Å²) in [5.74, 6) is 0.251.